The largest absolute Gasteiger partial charge is 0.493 e. The summed E-state index contributed by atoms with van der Waals surface area (Å²) in [4.78, 5) is 37.2. The fourth-order valence-corrected chi connectivity index (χ4v) is 3.26. The van der Waals surface area contributed by atoms with Crippen molar-refractivity contribution >= 4 is 39.9 Å². The molecule has 1 aromatic carbocycles. The van der Waals surface area contributed by atoms with Crippen LogP contribution in [0.1, 0.15) is 18.4 Å². The highest BCUT2D eigenvalue weighted by Crippen LogP contribution is 2.36. The number of ether oxygens (including phenoxy) is 3. The Kier molecular flexibility index (Phi) is 7.63. The van der Waals surface area contributed by atoms with E-state index in [2.05, 4.69) is 31.8 Å². The molecule has 2 N–H and O–H groups in total. The highest BCUT2D eigenvalue weighted by Gasteiger charge is 2.26. The lowest BCUT2D eigenvalue weighted by Crippen LogP contribution is -2.43. The average molecular weight is 483 g/mol. The monoisotopic (exact) mass is 482 g/mol. The highest BCUT2D eigenvalue weighted by molar-refractivity contribution is 9.10. The van der Waals surface area contributed by atoms with Gasteiger partial charge in [0.1, 0.15) is 0 Å². The number of amides is 3. The predicted octanol–water partition coefficient (Wildman–Crippen LogP) is 0.424. The highest BCUT2D eigenvalue weighted by atomic mass is 79.9. The molecule has 11 heteroatoms. The SMILES string of the molecule is COc1cc(/C=N\NC(=O)C(=O)NC2CC2)cc(Br)c1OCC(=O)N1CCOCC1. The van der Waals surface area contributed by atoms with Crippen LogP contribution in [0.5, 0.6) is 11.5 Å². The van der Waals surface area contributed by atoms with Crippen molar-refractivity contribution in [2.75, 3.05) is 40.0 Å². The molecule has 0 atom stereocenters. The molecule has 1 saturated carbocycles. The molecule has 1 aromatic rings. The first kappa shape index (κ1) is 22.0. The molecule has 10 nitrogen and oxygen atoms in total. The zero-order valence-electron chi connectivity index (χ0n) is 16.5. The van der Waals surface area contributed by atoms with Crippen molar-refractivity contribution in [2.24, 2.45) is 5.10 Å². The van der Waals surface area contributed by atoms with Crippen LogP contribution in [-0.2, 0) is 19.1 Å². The Morgan fingerprint density at radius 2 is 2.00 bits per heavy atom. The third-order valence-corrected chi connectivity index (χ3v) is 5.04. The van der Waals surface area contributed by atoms with E-state index in [1.165, 1.54) is 13.3 Å². The van der Waals surface area contributed by atoms with E-state index in [0.29, 0.717) is 47.8 Å². The summed E-state index contributed by atoms with van der Waals surface area (Å²) in [5.74, 6) is -0.902. The Hall–Kier alpha value is -2.66. The summed E-state index contributed by atoms with van der Waals surface area (Å²) in [7, 11) is 1.48. The van der Waals surface area contributed by atoms with Gasteiger partial charge in [-0.05, 0) is 46.5 Å². The minimum absolute atomic E-state index is 0.0927. The van der Waals surface area contributed by atoms with Crippen LogP contribution in [0.2, 0.25) is 0 Å². The van der Waals surface area contributed by atoms with Gasteiger partial charge in [0.05, 0.1) is 31.0 Å². The summed E-state index contributed by atoms with van der Waals surface area (Å²) in [6.07, 6.45) is 3.16. The molecule has 0 unspecified atom stereocenters. The number of hydrogen-bond acceptors (Lipinski definition) is 7. The van der Waals surface area contributed by atoms with Gasteiger partial charge in [-0.25, -0.2) is 5.43 Å². The van der Waals surface area contributed by atoms with E-state index in [-0.39, 0.29) is 18.6 Å². The molecule has 0 bridgehead atoms. The second-order valence-corrected chi connectivity index (χ2v) is 7.62. The van der Waals surface area contributed by atoms with E-state index < -0.39 is 11.8 Å². The van der Waals surface area contributed by atoms with Gasteiger partial charge >= 0.3 is 11.8 Å². The molecule has 1 heterocycles. The summed E-state index contributed by atoms with van der Waals surface area (Å²) in [5, 5.41) is 6.37. The minimum Gasteiger partial charge on any atom is -0.493 e. The van der Waals surface area contributed by atoms with Crippen molar-refractivity contribution in [2.45, 2.75) is 18.9 Å². The molecule has 3 rings (SSSR count). The van der Waals surface area contributed by atoms with Crippen molar-refractivity contribution in [3.05, 3.63) is 22.2 Å². The number of methoxy groups -OCH3 is 1. The van der Waals surface area contributed by atoms with E-state index in [1.54, 1.807) is 17.0 Å². The third-order valence-electron chi connectivity index (χ3n) is 4.45. The van der Waals surface area contributed by atoms with E-state index in [1.807, 2.05) is 0 Å². The Morgan fingerprint density at radius 1 is 1.27 bits per heavy atom. The number of hydrazone groups is 1. The van der Waals surface area contributed by atoms with Crippen molar-refractivity contribution in [1.82, 2.24) is 15.6 Å². The number of halogens is 1. The van der Waals surface area contributed by atoms with Gasteiger partial charge in [0.15, 0.2) is 18.1 Å². The molecule has 30 heavy (non-hydrogen) atoms. The van der Waals surface area contributed by atoms with Crippen LogP contribution in [0.15, 0.2) is 21.7 Å². The number of nitrogens with one attached hydrogen (secondary N) is 2. The number of hydrogen-bond donors (Lipinski definition) is 2. The summed E-state index contributed by atoms with van der Waals surface area (Å²) in [6, 6.07) is 3.42. The van der Waals surface area contributed by atoms with Crippen LogP contribution in [0.4, 0.5) is 0 Å². The second-order valence-electron chi connectivity index (χ2n) is 6.76. The first-order chi connectivity index (χ1) is 14.5. The van der Waals surface area contributed by atoms with Crippen molar-refractivity contribution in [3.8, 4) is 11.5 Å². The van der Waals surface area contributed by atoms with Gasteiger partial charge in [-0.1, -0.05) is 0 Å². The molecular weight excluding hydrogens is 460 g/mol. The standard InChI is InChI=1S/C19H23BrN4O6/c1-28-15-9-12(10-21-23-19(27)18(26)22-13-2-3-13)8-14(20)17(15)30-11-16(25)24-4-6-29-7-5-24/h8-10,13H,2-7,11H2,1H3,(H,22,26)(H,23,27)/b21-10-. The summed E-state index contributed by atoms with van der Waals surface area (Å²) in [6.45, 7) is 1.99. The number of nitrogens with zero attached hydrogens (tertiary/aromatic N) is 2. The third kappa shape index (κ3) is 6.17. The van der Waals surface area contributed by atoms with Gasteiger partial charge < -0.3 is 24.4 Å². The first-order valence-electron chi connectivity index (χ1n) is 9.47. The molecule has 162 valence electrons. The van der Waals surface area contributed by atoms with E-state index in [9.17, 15) is 14.4 Å². The summed E-state index contributed by atoms with van der Waals surface area (Å²) < 4.78 is 16.8. The molecule has 2 aliphatic rings. The summed E-state index contributed by atoms with van der Waals surface area (Å²) in [5.41, 5.74) is 2.77. The van der Waals surface area contributed by atoms with Crippen LogP contribution in [0.25, 0.3) is 0 Å². The second kappa shape index (κ2) is 10.4. The van der Waals surface area contributed by atoms with Crippen LogP contribution in [0, 0.1) is 0 Å². The fourth-order valence-electron chi connectivity index (χ4n) is 2.69. The van der Waals surface area contributed by atoms with E-state index >= 15 is 0 Å². The van der Waals surface area contributed by atoms with Crippen molar-refractivity contribution in [1.29, 1.82) is 0 Å². The van der Waals surface area contributed by atoms with Gasteiger partial charge in [-0.2, -0.15) is 5.10 Å². The van der Waals surface area contributed by atoms with Crippen molar-refractivity contribution in [3.63, 3.8) is 0 Å². The Labute approximate surface area is 182 Å². The number of benzene rings is 1. The molecule has 1 saturated heterocycles. The minimum atomic E-state index is -0.828. The lowest BCUT2D eigenvalue weighted by atomic mass is 10.2. The lowest BCUT2D eigenvalue weighted by Gasteiger charge is -2.26. The van der Waals surface area contributed by atoms with E-state index in [0.717, 1.165) is 12.8 Å². The maximum Gasteiger partial charge on any atom is 0.329 e. The summed E-state index contributed by atoms with van der Waals surface area (Å²) >= 11 is 3.40. The number of carbonyl (C=O) groups is 3. The zero-order chi connectivity index (χ0) is 21.5. The van der Waals surface area contributed by atoms with Crippen LogP contribution < -0.4 is 20.2 Å². The van der Waals surface area contributed by atoms with Crippen molar-refractivity contribution < 1.29 is 28.6 Å². The van der Waals surface area contributed by atoms with Crippen LogP contribution in [0.3, 0.4) is 0 Å². The Bertz CT molecular complexity index is 837. The predicted molar refractivity (Wildman–Crippen MR) is 110 cm³/mol. The van der Waals surface area contributed by atoms with Crippen LogP contribution in [-0.4, -0.2) is 74.9 Å². The molecular formula is C19H23BrN4O6. The fraction of sp³-hybridized carbons (Fsp3) is 0.474. The normalized spacial score (nSPS) is 16.3. The Morgan fingerprint density at radius 3 is 2.67 bits per heavy atom. The number of rotatable bonds is 7. The maximum absolute atomic E-state index is 12.3. The first-order valence-corrected chi connectivity index (χ1v) is 10.3. The zero-order valence-corrected chi connectivity index (χ0v) is 18.1. The molecule has 1 aliphatic heterocycles. The van der Waals surface area contributed by atoms with E-state index in [4.69, 9.17) is 14.2 Å². The van der Waals surface area contributed by atoms with Crippen LogP contribution >= 0.6 is 15.9 Å². The molecule has 1 aliphatic carbocycles. The Balaban J connectivity index is 1.57. The number of carbonyl (C=O) groups excluding carboxylic acids is 3. The molecule has 0 radical (unpaired) electrons. The molecule has 0 spiro atoms. The lowest BCUT2D eigenvalue weighted by molar-refractivity contribution is -0.139. The quantitative estimate of drug-likeness (QED) is 0.330. The van der Waals surface area contributed by atoms with Gasteiger partial charge in [-0.15, -0.1) is 0 Å². The van der Waals surface area contributed by atoms with Gasteiger partial charge in [0.25, 0.3) is 5.91 Å². The number of morpholine rings is 1. The maximum atomic E-state index is 12.3. The smallest absolute Gasteiger partial charge is 0.329 e. The molecule has 0 aromatic heterocycles. The van der Waals surface area contributed by atoms with Gasteiger partial charge in [-0.3, -0.25) is 14.4 Å². The van der Waals surface area contributed by atoms with Gasteiger partial charge in [0, 0.05) is 19.1 Å². The average Bonchev–Trinajstić information content (AvgIpc) is 3.56. The van der Waals surface area contributed by atoms with Gasteiger partial charge in [0.2, 0.25) is 0 Å². The topological polar surface area (TPSA) is 119 Å². The molecule has 3 amide bonds. The molecule has 2 fully saturated rings.